The van der Waals surface area contributed by atoms with Crippen LogP contribution in [0.4, 0.5) is 0 Å². The summed E-state index contributed by atoms with van der Waals surface area (Å²) < 4.78 is 11.8. The number of carbonyl (C=O) groups excluding carboxylic acids is 1. The second-order valence-electron chi connectivity index (χ2n) is 5.94. The second kappa shape index (κ2) is 6.98. The van der Waals surface area contributed by atoms with E-state index in [1.807, 2.05) is 6.92 Å². The molecule has 0 aliphatic carbocycles. The number of para-hydroxylation sites is 2. The number of oxazole rings is 1. The van der Waals surface area contributed by atoms with Gasteiger partial charge in [-0.3, -0.25) is 9.36 Å². The Morgan fingerprint density at radius 1 is 1.28 bits per heavy atom. The normalized spacial score (nSPS) is 12.4. The quantitative estimate of drug-likeness (QED) is 0.713. The third-order valence-corrected chi connectivity index (χ3v) is 4.05. The number of aromatic nitrogens is 1. The molecule has 3 rings (SSSR count). The zero-order chi connectivity index (χ0) is 18.0. The van der Waals surface area contributed by atoms with Gasteiger partial charge < -0.3 is 19.3 Å². The average Bonchev–Trinajstić information content (AvgIpc) is 3.06. The van der Waals surface area contributed by atoms with Crippen LogP contribution in [-0.4, -0.2) is 22.1 Å². The van der Waals surface area contributed by atoms with Gasteiger partial charge in [-0.15, -0.1) is 0 Å². The zero-order valence-electron chi connectivity index (χ0n) is 14.1. The number of benzene rings is 1. The number of furan rings is 1. The Bertz CT molecular complexity index is 950. The number of aryl methyl sites for hydroxylation is 2. The van der Waals surface area contributed by atoms with Crippen molar-refractivity contribution in [1.82, 2.24) is 9.88 Å². The van der Waals surface area contributed by atoms with E-state index in [1.165, 1.54) is 4.57 Å². The summed E-state index contributed by atoms with van der Waals surface area (Å²) in [4.78, 5) is 23.9. The molecule has 2 heterocycles. The molecule has 7 heteroatoms. The topological polar surface area (TPSA) is 97.6 Å². The van der Waals surface area contributed by atoms with Gasteiger partial charge in [0, 0.05) is 12.1 Å². The minimum atomic E-state index is -0.713. The van der Waals surface area contributed by atoms with E-state index in [0.29, 0.717) is 23.3 Å². The first-order chi connectivity index (χ1) is 12.0. The molecule has 1 amide bonds. The molecule has 0 aliphatic heterocycles. The van der Waals surface area contributed by atoms with Gasteiger partial charge in [0.15, 0.2) is 5.58 Å². The minimum Gasteiger partial charge on any atom is -0.466 e. The lowest BCUT2D eigenvalue weighted by Gasteiger charge is -2.10. The number of rotatable bonds is 6. The van der Waals surface area contributed by atoms with Gasteiger partial charge in [0.1, 0.15) is 18.1 Å². The standard InChI is InChI=1S/C18H20N2O5/c1-11-9-13(12(2)24-11)15(21)7-8-19-17(22)10-20-14-5-3-4-6-16(14)25-18(20)23/h3-6,9,15,21H,7-8,10H2,1-2H3,(H,19,22). The number of amides is 1. The van der Waals surface area contributed by atoms with Gasteiger partial charge in [-0.25, -0.2) is 4.79 Å². The van der Waals surface area contributed by atoms with Crippen molar-refractivity contribution in [3.8, 4) is 0 Å². The molecule has 3 aromatic rings. The number of hydrogen-bond acceptors (Lipinski definition) is 5. The van der Waals surface area contributed by atoms with Gasteiger partial charge >= 0.3 is 5.76 Å². The van der Waals surface area contributed by atoms with Crippen LogP contribution in [-0.2, 0) is 11.3 Å². The number of aliphatic hydroxyl groups is 1. The molecule has 0 fully saturated rings. The molecule has 1 atom stereocenters. The van der Waals surface area contributed by atoms with Crippen LogP contribution in [0.1, 0.15) is 29.6 Å². The number of fused-ring (bicyclic) bond motifs is 1. The summed E-state index contributed by atoms with van der Waals surface area (Å²) in [6, 6.07) is 8.73. The van der Waals surface area contributed by atoms with Crippen molar-refractivity contribution in [3.05, 3.63) is 58.0 Å². The molecule has 0 bridgehead atoms. The van der Waals surface area contributed by atoms with E-state index in [9.17, 15) is 14.7 Å². The smallest absolute Gasteiger partial charge is 0.420 e. The Labute approximate surface area is 143 Å². The van der Waals surface area contributed by atoms with Crippen molar-refractivity contribution in [2.45, 2.75) is 32.9 Å². The van der Waals surface area contributed by atoms with Crippen LogP contribution in [0.5, 0.6) is 0 Å². The fraction of sp³-hybridized carbons (Fsp3) is 0.333. The number of hydrogen-bond donors (Lipinski definition) is 2. The Morgan fingerprint density at radius 3 is 2.76 bits per heavy atom. The Hall–Kier alpha value is -2.80. The molecule has 2 N–H and O–H groups in total. The zero-order valence-corrected chi connectivity index (χ0v) is 14.1. The van der Waals surface area contributed by atoms with Crippen molar-refractivity contribution in [2.75, 3.05) is 6.54 Å². The SMILES string of the molecule is Cc1cc(C(O)CCNC(=O)Cn2c(=O)oc3ccccc32)c(C)o1. The maximum Gasteiger partial charge on any atom is 0.420 e. The van der Waals surface area contributed by atoms with Gasteiger partial charge in [-0.2, -0.15) is 0 Å². The molecular formula is C18H20N2O5. The molecule has 0 spiro atoms. The first-order valence-corrected chi connectivity index (χ1v) is 8.06. The molecule has 0 saturated carbocycles. The second-order valence-corrected chi connectivity index (χ2v) is 5.94. The van der Waals surface area contributed by atoms with Crippen molar-refractivity contribution in [2.24, 2.45) is 0 Å². The summed E-state index contributed by atoms with van der Waals surface area (Å²) in [7, 11) is 0. The summed E-state index contributed by atoms with van der Waals surface area (Å²) in [6.07, 6.45) is -0.359. The Balaban J connectivity index is 1.57. The van der Waals surface area contributed by atoms with E-state index in [0.717, 1.165) is 11.3 Å². The Morgan fingerprint density at radius 2 is 2.04 bits per heavy atom. The van der Waals surface area contributed by atoms with Crippen LogP contribution in [0, 0.1) is 13.8 Å². The lowest BCUT2D eigenvalue weighted by Crippen LogP contribution is -2.32. The highest BCUT2D eigenvalue weighted by atomic mass is 16.4. The molecule has 0 aliphatic rings. The van der Waals surface area contributed by atoms with Crippen LogP contribution >= 0.6 is 0 Å². The minimum absolute atomic E-state index is 0.129. The number of aliphatic hydroxyl groups excluding tert-OH is 1. The van der Waals surface area contributed by atoms with E-state index in [2.05, 4.69) is 5.32 Å². The van der Waals surface area contributed by atoms with E-state index in [4.69, 9.17) is 8.83 Å². The first kappa shape index (κ1) is 17.0. The molecular weight excluding hydrogens is 324 g/mol. The fourth-order valence-electron chi connectivity index (χ4n) is 2.85. The molecule has 7 nitrogen and oxygen atoms in total. The fourth-order valence-corrected chi connectivity index (χ4v) is 2.85. The van der Waals surface area contributed by atoms with Gasteiger partial charge in [-0.05, 0) is 38.5 Å². The molecule has 0 saturated heterocycles. The van der Waals surface area contributed by atoms with E-state index in [-0.39, 0.29) is 19.0 Å². The van der Waals surface area contributed by atoms with E-state index >= 15 is 0 Å². The van der Waals surface area contributed by atoms with Crippen LogP contribution in [0.2, 0.25) is 0 Å². The predicted molar refractivity (Wildman–Crippen MR) is 91.2 cm³/mol. The summed E-state index contributed by atoms with van der Waals surface area (Å²) in [5.74, 6) is 0.524. The lowest BCUT2D eigenvalue weighted by atomic mass is 10.1. The highest BCUT2D eigenvalue weighted by Crippen LogP contribution is 2.23. The maximum absolute atomic E-state index is 12.1. The number of nitrogens with zero attached hydrogens (tertiary/aromatic N) is 1. The third kappa shape index (κ3) is 3.66. The largest absolute Gasteiger partial charge is 0.466 e. The van der Waals surface area contributed by atoms with Crippen molar-refractivity contribution in [3.63, 3.8) is 0 Å². The van der Waals surface area contributed by atoms with E-state index in [1.54, 1.807) is 37.3 Å². The number of nitrogens with one attached hydrogen (secondary N) is 1. The molecule has 1 unspecified atom stereocenters. The van der Waals surface area contributed by atoms with Crippen molar-refractivity contribution >= 4 is 17.0 Å². The average molecular weight is 344 g/mol. The van der Waals surface area contributed by atoms with Gasteiger partial charge in [-0.1, -0.05) is 12.1 Å². The monoisotopic (exact) mass is 344 g/mol. The first-order valence-electron chi connectivity index (χ1n) is 8.06. The van der Waals surface area contributed by atoms with Crippen molar-refractivity contribution in [1.29, 1.82) is 0 Å². The number of carbonyl (C=O) groups is 1. The van der Waals surface area contributed by atoms with Crippen LogP contribution in [0.3, 0.4) is 0 Å². The van der Waals surface area contributed by atoms with Crippen molar-refractivity contribution < 1.29 is 18.7 Å². The summed E-state index contributed by atoms with van der Waals surface area (Å²) in [5.41, 5.74) is 1.75. The van der Waals surface area contributed by atoms with E-state index < -0.39 is 11.9 Å². The van der Waals surface area contributed by atoms with Crippen LogP contribution in [0.15, 0.2) is 44.0 Å². The van der Waals surface area contributed by atoms with Crippen LogP contribution in [0.25, 0.3) is 11.1 Å². The summed E-state index contributed by atoms with van der Waals surface area (Å²) in [5, 5.41) is 12.9. The van der Waals surface area contributed by atoms with Gasteiger partial charge in [0.2, 0.25) is 5.91 Å². The van der Waals surface area contributed by atoms with Gasteiger partial charge in [0.05, 0.1) is 11.6 Å². The van der Waals surface area contributed by atoms with Gasteiger partial charge in [0.25, 0.3) is 0 Å². The third-order valence-electron chi connectivity index (χ3n) is 4.05. The molecule has 1 aromatic carbocycles. The molecule has 2 aromatic heterocycles. The highest BCUT2D eigenvalue weighted by molar-refractivity contribution is 5.79. The summed E-state index contributed by atoms with van der Waals surface area (Å²) >= 11 is 0. The molecule has 0 radical (unpaired) electrons. The summed E-state index contributed by atoms with van der Waals surface area (Å²) in [6.45, 7) is 3.77. The predicted octanol–water partition coefficient (Wildman–Crippen LogP) is 2.04. The molecule has 132 valence electrons. The maximum atomic E-state index is 12.1. The van der Waals surface area contributed by atoms with Crippen LogP contribution < -0.4 is 11.1 Å². The lowest BCUT2D eigenvalue weighted by molar-refractivity contribution is -0.121. The Kier molecular flexibility index (Phi) is 4.76. The highest BCUT2D eigenvalue weighted by Gasteiger charge is 2.16. The molecule has 25 heavy (non-hydrogen) atoms.